The minimum atomic E-state index is -0.691. The number of hydrogen-bond donors (Lipinski definition) is 2. The molecule has 0 saturated heterocycles. The van der Waals surface area contributed by atoms with E-state index in [9.17, 15) is 5.11 Å². The number of rotatable bonds is 7. The number of imidazole rings is 1. The lowest BCUT2D eigenvalue weighted by Gasteiger charge is -2.23. The van der Waals surface area contributed by atoms with Gasteiger partial charge in [-0.15, -0.1) is 0 Å². The van der Waals surface area contributed by atoms with E-state index in [1.807, 2.05) is 24.7 Å². The van der Waals surface area contributed by atoms with Crippen molar-refractivity contribution in [1.82, 2.24) is 14.9 Å². The Hall–Kier alpha value is -0.870. The van der Waals surface area contributed by atoms with Crippen LogP contribution in [0.5, 0.6) is 0 Å². The average Bonchev–Trinajstić information content (AvgIpc) is 2.58. The molecule has 0 fully saturated rings. The molecule has 1 rings (SSSR count). The molecule has 0 bridgehead atoms. The highest BCUT2D eigenvalue weighted by molar-refractivity contribution is 4.96. The lowest BCUT2D eigenvalue weighted by molar-refractivity contribution is 0.0487. The minimum Gasteiger partial charge on any atom is -0.390 e. The van der Waals surface area contributed by atoms with E-state index in [0.29, 0.717) is 12.3 Å². The Morgan fingerprint density at radius 3 is 2.76 bits per heavy atom. The highest BCUT2D eigenvalue weighted by atomic mass is 16.3. The van der Waals surface area contributed by atoms with Crippen molar-refractivity contribution >= 4 is 0 Å². The third-order valence-electron chi connectivity index (χ3n) is 2.85. The molecule has 0 aliphatic rings. The molecule has 1 unspecified atom stereocenters. The van der Waals surface area contributed by atoms with E-state index in [0.717, 1.165) is 25.3 Å². The molecule has 0 aliphatic heterocycles. The van der Waals surface area contributed by atoms with Crippen molar-refractivity contribution in [2.24, 2.45) is 13.0 Å². The van der Waals surface area contributed by atoms with Crippen molar-refractivity contribution in [2.45, 2.75) is 39.2 Å². The molecule has 1 aromatic heterocycles. The summed E-state index contributed by atoms with van der Waals surface area (Å²) in [5, 5.41) is 13.6. The van der Waals surface area contributed by atoms with Crippen LogP contribution in [0.4, 0.5) is 0 Å². The molecule has 0 spiro atoms. The van der Waals surface area contributed by atoms with Crippen LogP contribution in [0.15, 0.2) is 12.4 Å². The van der Waals surface area contributed by atoms with Crippen molar-refractivity contribution in [3.05, 3.63) is 18.2 Å². The zero-order valence-corrected chi connectivity index (χ0v) is 11.4. The molecule has 98 valence electrons. The van der Waals surface area contributed by atoms with Crippen LogP contribution in [0.3, 0.4) is 0 Å². The molecule has 17 heavy (non-hydrogen) atoms. The number of aliphatic hydroxyl groups is 1. The summed E-state index contributed by atoms with van der Waals surface area (Å²) >= 11 is 0. The summed E-state index contributed by atoms with van der Waals surface area (Å²) in [4.78, 5) is 4.24. The molecule has 2 N–H and O–H groups in total. The summed E-state index contributed by atoms with van der Waals surface area (Å²) in [6, 6.07) is 0. The fourth-order valence-electron chi connectivity index (χ4n) is 1.74. The zero-order chi connectivity index (χ0) is 12.9. The van der Waals surface area contributed by atoms with Gasteiger partial charge < -0.3 is 15.0 Å². The molecule has 0 saturated carbocycles. The van der Waals surface area contributed by atoms with Gasteiger partial charge in [0.15, 0.2) is 0 Å². The van der Waals surface area contributed by atoms with Crippen LogP contribution in [0.25, 0.3) is 0 Å². The second-order valence-electron chi connectivity index (χ2n) is 5.48. The largest absolute Gasteiger partial charge is 0.390 e. The fourth-order valence-corrected chi connectivity index (χ4v) is 1.74. The number of aryl methyl sites for hydroxylation is 1. The van der Waals surface area contributed by atoms with Gasteiger partial charge >= 0.3 is 0 Å². The van der Waals surface area contributed by atoms with Gasteiger partial charge in [-0.05, 0) is 32.4 Å². The van der Waals surface area contributed by atoms with Crippen LogP contribution < -0.4 is 5.32 Å². The molecule has 0 aromatic carbocycles. The highest BCUT2D eigenvalue weighted by Gasteiger charge is 2.22. The maximum Gasteiger partial charge on any atom is 0.111 e. The molecule has 0 aliphatic carbocycles. The number of nitrogens with one attached hydrogen (secondary N) is 1. The lowest BCUT2D eigenvalue weighted by atomic mass is 9.97. The Balaban J connectivity index is 2.33. The first-order valence-electron chi connectivity index (χ1n) is 6.30. The topological polar surface area (TPSA) is 50.1 Å². The van der Waals surface area contributed by atoms with Gasteiger partial charge in [-0.2, -0.15) is 0 Å². The SMILES string of the molecule is CC(C)CNCCC(C)(O)Cc1nccn1C. The van der Waals surface area contributed by atoms with E-state index >= 15 is 0 Å². The first kappa shape index (κ1) is 14.2. The van der Waals surface area contributed by atoms with Crippen LogP contribution in [0.1, 0.15) is 33.0 Å². The number of aromatic nitrogens is 2. The normalized spacial score (nSPS) is 15.2. The summed E-state index contributed by atoms with van der Waals surface area (Å²) in [5.41, 5.74) is -0.691. The molecular formula is C13H25N3O. The van der Waals surface area contributed by atoms with Gasteiger partial charge in [-0.1, -0.05) is 13.8 Å². The minimum absolute atomic E-state index is 0.597. The average molecular weight is 239 g/mol. The zero-order valence-electron chi connectivity index (χ0n) is 11.4. The molecular weight excluding hydrogens is 214 g/mol. The Kier molecular flexibility index (Phi) is 5.15. The van der Waals surface area contributed by atoms with Crippen molar-refractivity contribution in [2.75, 3.05) is 13.1 Å². The van der Waals surface area contributed by atoms with E-state index in [2.05, 4.69) is 24.1 Å². The van der Waals surface area contributed by atoms with Crippen molar-refractivity contribution in [3.63, 3.8) is 0 Å². The van der Waals surface area contributed by atoms with Crippen LogP contribution in [-0.4, -0.2) is 33.3 Å². The standard InChI is InChI=1S/C13H25N3O/c1-11(2)10-14-6-5-13(3,17)9-12-15-7-8-16(12)4/h7-8,11,14,17H,5-6,9-10H2,1-4H3. The van der Waals surface area contributed by atoms with E-state index in [4.69, 9.17) is 0 Å². The first-order valence-corrected chi connectivity index (χ1v) is 6.30. The monoisotopic (exact) mass is 239 g/mol. The van der Waals surface area contributed by atoms with Crippen LogP contribution in [0, 0.1) is 5.92 Å². The fraction of sp³-hybridized carbons (Fsp3) is 0.769. The summed E-state index contributed by atoms with van der Waals surface area (Å²) < 4.78 is 1.95. The Bertz CT molecular complexity index is 331. The summed E-state index contributed by atoms with van der Waals surface area (Å²) in [5.74, 6) is 1.58. The molecule has 1 atom stereocenters. The lowest BCUT2D eigenvalue weighted by Crippen LogP contribution is -2.34. The highest BCUT2D eigenvalue weighted by Crippen LogP contribution is 2.14. The van der Waals surface area contributed by atoms with Crippen LogP contribution in [-0.2, 0) is 13.5 Å². The predicted octanol–water partition coefficient (Wildman–Crippen LogP) is 1.35. The van der Waals surface area contributed by atoms with Gasteiger partial charge in [-0.3, -0.25) is 0 Å². The molecule has 4 heteroatoms. The first-order chi connectivity index (χ1) is 7.91. The molecule has 1 aromatic rings. The van der Waals surface area contributed by atoms with Crippen LogP contribution in [0.2, 0.25) is 0 Å². The molecule has 1 heterocycles. The number of nitrogens with zero attached hydrogens (tertiary/aromatic N) is 2. The van der Waals surface area contributed by atoms with Gasteiger partial charge in [0, 0.05) is 25.9 Å². The van der Waals surface area contributed by atoms with Gasteiger partial charge in [-0.25, -0.2) is 4.98 Å². The summed E-state index contributed by atoms with van der Waals surface area (Å²) in [6.45, 7) is 8.07. The van der Waals surface area contributed by atoms with Gasteiger partial charge in [0.25, 0.3) is 0 Å². The second kappa shape index (κ2) is 6.17. The van der Waals surface area contributed by atoms with Crippen molar-refractivity contribution in [3.8, 4) is 0 Å². The van der Waals surface area contributed by atoms with Crippen molar-refractivity contribution in [1.29, 1.82) is 0 Å². The van der Waals surface area contributed by atoms with Crippen LogP contribution >= 0.6 is 0 Å². The van der Waals surface area contributed by atoms with E-state index in [1.165, 1.54) is 0 Å². The Labute approximate surface area is 104 Å². The Morgan fingerprint density at radius 1 is 1.53 bits per heavy atom. The van der Waals surface area contributed by atoms with Crippen molar-refractivity contribution < 1.29 is 5.11 Å². The third kappa shape index (κ3) is 5.33. The van der Waals surface area contributed by atoms with E-state index < -0.39 is 5.60 Å². The van der Waals surface area contributed by atoms with Gasteiger partial charge in [0.2, 0.25) is 0 Å². The van der Waals surface area contributed by atoms with E-state index in [1.54, 1.807) is 6.20 Å². The maximum atomic E-state index is 10.3. The quantitative estimate of drug-likeness (QED) is 0.706. The third-order valence-corrected chi connectivity index (χ3v) is 2.85. The second-order valence-corrected chi connectivity index (χ2v) is 5.48. The molecule has 0 amide bonds. The summed E-state index contributed by atoms with van der Waals surface area (Å²) in [6.07, 6.45) is 5.01. The molecule has 4 nitrogen and oxygen atoms in total. The predicted molar refractivity (Wildman–Crippen MR) is 69.9 cm³/mol. The summed E-state index contributed by atoms with van der Waals surface area (Å²) in [7, 11) is 1.95. The van der Waals surface area contributed by atoms with Gasteiger partial charge in [0.1, 0.15) is 5.82 Å². The number of hydrogen-bond acceptors (Lipinski definition) is 3. The maximum absolute atomic E-state index is 10.3. The van der Waals surface area contributed by atoms with E-state index in [-0.39, 0.29) is 0 Å². The molecule has 0 radical (unpaired) electrons. The van der Waals surface area contributed by atoms with Gasteiger partial charge in [0.05, 0.1) is 5.60 Å². The Morgan fingerprint density at radius 2 is 2.24 bits per heavy atom. The smallest absolute Gasteiger partial charge is 0.111 e.